The fourth-order valence-electron chi connectivity index (χ4n) is 2.51. The van der Waals surface area contributed by atoms with Gasteiger partial charge in [0.05, 0.1) is 17.0 Å². The maximum atomic E-state index is 12.9. The number of nitrogens with zero attached hydrogens (tertiary/aromatic N) is 2. The highest BCUT2D eigenvalue weighted by atomic mass is 32.1. The number of rotatable bonds is 6. The highest BCUT2D eigenvalue weighted by Crippen LogP contribution is 2.29. The summed E-state index contributed by atoms with van der Waals surface area (Å²) in [6.07, 6.45) is -4.41. The number of nitrogens with one attached hydrogen (secondary N) is 1. The predicted molar refractivity (Wildman–Crippen MR) is 109 cm³/mol. The number of halogens is 3. The number of hydrogen-bond donors (Lipinski definition) is 1. The molecule has 0 unspecified atom stereocenters. The van der Waals surface area contributed by atoms with E-state index in [-0.39, 0.29) is 6.61 Å². The molecule has 0 aromatic heterocycles. The van der Waals surface area contributed by atoms with Gasteiger partial charge in [0.2, 0.25) is 0 Å². The summed E-state index contributed by atoms with van der Waals surface area (Å²) >= 11 is 5.28. The Labute approximate surface area is 167 Å². The fourth-order valence-corrected chi connectivity index (χ4v) is 2.71. The first-order valence-electron chi connectivity index (χ1n) is 8.39. The van der Waals surface area contributed by atoms with Crippen LogP contribution in [0.2, 0.25) is 0 Å². The van der Waals surface area contributed by atoms with Gasteiger partial charge in [-0.1, -0.05) is 53.8 Å². The van der Waals surface area contributed by atoms with Crippen molar-refractivity contribution in [3.8, 4) is 0 Å². The molecule has 0 aliphatic rings. The molecule has 2 aromatic carbocycles. The summed E-state index contributed by atoms with van der Waals surface area (Å²) < 4.78 is 38.6. The standard InChI is InChI=1S/C20H20F3N3OS/c1-13(14-8-6-9-16(11-14)20(21,22)23)26-27-12-15-7-4-5-10-17(15)18(24-2)19(28)25-3/h4-11H,12H2,1-3H3,(H,25,28)/b24-18?,26-13-. The Morgan fingerprint density at radius 3 is 2.50 bits per heavy atom. The van der Waals surface area contributed by atoms with Crippen LogP contribution in [0.1, 0.15) is 29.2 Å². The zero-order valence-corrected chi connectivity index (χ0v) is 16.5. The molecule has 0 atom stereocenters. The highest BCUT2D eigenvalue weighted by molar-refractivity contribution is 7.82. The molecule has 2 aromatic rings. The van der Waals surface area contributed by atoms with Crippen LogP contribution >= 0.6 is 12.2 Å². The molecule has 0 radical (unpaired) electrons. The second-order valence-corrected chi connectivity index (χ2v) is 6.25. The molecule has 0 saturated carbocycles. The second-order valence-electron chi connectivity index (χ2n) is 5.84. The van der Waals surface area contributed by atoms with Crippen LogP contribution in [-0.4, -0.2) is 30.5 Å². The van der Waals surface area contributed by atoms with Crippen LogP contribution in [0.3, 0.4) is 0 Å². The topological polar surface area (TPSA) is 46.0 Å². The fraction of sp³-hybridized carbons (Fsp3) is 0.250. The molecule has 0 fully saturated rings. The third-order valence-electron chi connectivity index (χ3n) is 3.97. The van der Waals surface area contributed by atoms with Crippen molar-refractivity contribution in [2.24, 2.45) is 10.1 Å². The smallest absolute Gasteiger partial charge is 0.391 e. The van der Waals surface area contributed by atoms with Gasteiger partial charge in [-0.2, -0.15) is 13.2 Å². The minimum Gasteiger partial charge on any atom is -0.391 e. The van der Waals surface area contributed by atoms with Crippen molar-refractivity contribution >= 4 is 28.6 Å². The Hall–Kier alpha value is -2.74. The molecule has 8 heteroatoms. The number of likely N-dealkylation sites (N-methyl/N-ethyl adjacent to an activating group) is 1. The molecule has 0 spiro atoms. The summed E-state index contributed by atoms with van der Waals surface area (Å²) in [7, 11) is 3.36. The maximum absolute atomic E-state index is 12.9. The lowest BCUT2D eigenvalue weighted by atomic mass is 10.0. The average molecular weight is 407 g/mol. The average Bonchev–Trinajstić information content (AvgIpc) is 2.68. The first-order valence-corrected chi connectivity index (χ1v) is 8.80. The Bertz CT molecular complexity index is 908. The lowest BCUT2D eigenvalue weighted by Crippen LogP contribution is -2.27. The van der Waals surface area contributed by atoms with Gasteiger partial charge >= 0.3 is 6.18 Å². The molecule has 28 heavy (non-hydrogen) atoms. The molecular weight excluding hydrogens is 387 g/mol. The Kier molecular flexibility index (Phi) is 7.28. The SMILES string of the molecule is CN=C(C(=S)NC)c1ccccc1CO/N=C(/C)c1cccc(C(F)(F)F)c1. The van der Waals surface area contributed by atoms with E-state index in [1.54, 1.807) is 27.1 Å². The summed E-state index contributed by atoms with van der Waals surface area (Å²) in [4.78, 5) is 10.1. The van der Waals surface area contributed by atoms with Crippen LogP contribution in [-0.2, 0) is 17.6 Å². The molecular formula is C20H20F3N3OS. The summed E-state index contributed by atoms with van der Waals surface area (Å²) in [6, 6.07) is 12.4. The van der Waals surface area contributed by atoms with Crippen molar-refractivity contribution in [2.75, 3.05) is 14.1 Å². The number of hydrogen-bond acceptors (Lipinski definition) is 4. The van der Waals surface area contributed by atoms with E-state index in [4.69, 9.17) is 17.1 Å². The molecule has 2 rings (SSSR count). The van der Waals surface area contributed by atoms with E-state index in [1.165, 1.54) is 6.07 Å². The van der Waals surface area contributed by atoms with E-state index >= 15 is 0 Å². The van der Waals surface area contributed by atoms with Gasteiger partial charge in [-0.15, -0.1) is 0 Å². The third-order valence-corrected chi connectivity index (χ3v) is 4.36. The van der Waals surface area contributed by atoms with Gasteiger partial charge in [0.25, 0.3) is 0 Å². The van der Waals surface area contributed by atoms with Gasteiger partial charge in [0.1, 0.15) is 11.6 Å². The molecule has 0 aliphatic carbocycles. The van der Waals surface area contributed by atoms with Crippen molar-refractivity contribution in [1.82, 2.24) is 5.32 Å². The molecule has 148 valence electrons. The Morgan fingerprint density at radius 2 is 1.86 bits per heavy atom. The minimum absolute atomic E-state index is 0.123. The van der Waals surface area contributed by atoms with Crippen LogP contribution in [0.25, 0.3) is 0 Å². The van der Waals surface area contributed by atoms with Crippen LogP contribution < -0.4 is 5.32 Å². The van der Waals surface area contributed by atoms with Crippen molar-refractivity contribution in [3.63, 3.8) is 0 Å². The minimum atomic E-state index is -4.41. The number of aliphatic imine (C=N–C) groups is 1. The zero-order valence-electron chi connectivity index (χ0n) is 15.7. The monoisotopic (exact) mass is 407 g/mol. The quantitative estimate of drug-likeness (QED) is 0.432. The van der Waals surface area contributed by atoms with Gasteiger partial charge in [-0.25, -0.2) is 0 Å². The predicted octanol–water partition coefficient (Wildman–Crippen LogP) is 4.61. The lowest BCUT2D eigenvalue weighted by Gasteiger charge is -2.12. The maximum Gasteiger partial charge on any atom is 0.416 e. The van der Waals surface area contributed by atoms with E-state index in [0.29, 0.717) is 22.0 Å². The van der Waals surface area contributed by atoms with Crippen molar-refractivity contribution in [3.05, 3.63) is 70.8 Å². The normalized spacial score (nSPS) is 12.6. The lowest BCUT2D eigenvalue weighted by molar-refractivity contribution is -0.137. The van der Waals surface area contributed by atoms with E-state index < -0.39 is 11.7 Å². The molecule has 1 N–H and O–H groups in total. The number of thiocarbonyl (C=S) groups is 1. The first-order chi connectivity index (χ1) is 13.3. The number of oxime groups is 1. The van der Waals surface area contributed by atoms with Crippen molar-refractivity contribution < 1.29 is 18.0 Å². The highest BCUT2D eigenvalue weighted by Gasteiger charge is 2.30. The molecule has 4 nitrogen and oxygen atoms in total. The summed E-state index contributed by atoms with van der Waals surface area (Å²) in [5.41, 5.74) is 2.19. The molecule has 0 amide bonds. The van der Waals surface area contributed by atoms with Crippen molar-refractivity contribution in [1.29, 1.82) is 0 Å². The van der Waals surface area contributed by atoms with E-state index in [9.17, 15) is 13.2 Å². The van der Waals surface area contributed by atoms with Gasteiger partial charge < -0.3 is 10.2 Å². The Morgan fingerprint density at radius 1 is 1.14 bits per heavy atom. The van der Waals surface area contributed by atoms with Crippen LogP contribution in [0, 0.1) is 0 Å². The third kappa shape index (κ3) is 5.39. The van der Waals surface area contributed by atoms with E-state index in [1.807, 2.05) is 24.3 Å². The largest absolute Gasteiger partial charge is 0.416 e. The molecule has 0 bridgehead atoms. The molecule has 0 heterocycles. The van der Waals surface area contributed by atoms with Gasteiger partial charge in [0, 0.05) is 25.2 Å². The number of benzene rings is 2. The summed E-state index contributed by atoms with van der Waals surface area (Å²) in [6.45, 7) is 1.72. The first kappa shape index (κ1) is 21.6. The molecule has 0 aliphatic heterocycles. The number of alkyl halides is 3. The van der Waals surface area contributed by atoms with Gasteiger partial charge in [0.15, 0.2) is 0 Å². The molecule has 0 saturated heterocycles. The van der Waals surface area contributed by atoms with E-state index in [0.717, 1.165) is 23.3 Å². The van der Waals surface area contributed by atoms with Crippen LogP contribution in [0.5, 0.6) is 0 Å². The Balaban J connectivity index is 2.18. The second kappa shape index (κ2) is 9.45. The van der Waals surface area contributed by atoms with Gasteiger partial charge in [-0.3, -0.25) is 4.99 Å². The summed E-state index contributed by atoms with van der Waals surface area (Å²) in [5.74, 6) is 0. The van der Waals surface area contributed by atoms with E-state index in [2.05, 4.69) is 15.5 Å². The van der Waals surface area contributed by atoms with Crippen molar-refractivity contribution in [2.45, 2.75) is 19.7 Å². The van der Waals surface area contributed by atoms with Gasteiger partial charge in [-0.05, 0) is 24.6 Å². The van der Waals surface area contributed by atoms with Crippen LogP contribution in [0.15, 0.2) is 58.7 Å². The summed E-state index contributed by atoms with van der Waals surface area (Å²) in [5, 5.41) is 6.86. The van der Waals surface area contributed by atoms with Crippen LogP contribution in [0.4, 0.5) is 13.2 Å². The zero-order chi connectivity index (χ0) is 20.7.